The molecular weight excluding hydrogens is 488 g/mol. The third-order valence-corrected chi connectivity index (χ3v) is 5.60. The predicted octanol–water partition coefficient (Wildman–Crippen LogP) is 6.00. The van der Waals surface area contributed by atoms with Gasteiger partial charge in [-0.05, 0) is 25.3 Å². The van der Waals surface area contributed by atoms with Gasteiger partial charge in [0.1, 0.15) is 12.4 Å². The van der Waals surface area contributed by atoms with Crippen molar-refractivity contribution in [2.24, 2.45) is 5.73 Å². The second-order valence-corrected chi connectivity index (χ2v) is 8.52. The van der Waals surface area contributed by atoms with E-state index in [2.05, 4.69) is 28.6 Å². The fraction of sp³-hybridized carbons (Fsp3) is 0.548. The minimum Gasteiger partial charge on any atom is -0.476 e. The molecule has 220 valence electrons. The summed E-state index contributed by atoms with van der Waals surface area (Å²) in [7, 11) is 0. The van der Waals surface area contributed by atoms with Crippen LogP contribution in [0.3, 0.4) is 0 Å². The maximum atomic E-state index is 7.08. The van der Waals surface area contributed by atoms with Crippen LogP contribution < -0.4 is 21.1 Å². The van der Waals surface area contributed by atoms with Crippen LogP contribution >= 0.6 is 0 Å². The van der Waals surface area contributed by atoms with Gasteiger partial charge in [-0.25, -0.2) is 0 Å². The Balaban J connectivity index is 0.000000759. The van der Waals surface area contributed by atoms with Gasteiger partial charge in [0.25, 0.3) is 0 Å². The molecule has 2 aromatic rings. The maximum absolute atomic E-state index is 7.08. The van der Waals surface area contributed by atoms with E-state index in [1.54, 1.807) is 6.07 Å². The van der Waals surface area contributed by atoms with Crippen LogP contribution in [-0.2, 0) is 4.74 Å². The summed E-state index contributed by atoms with van der Waals surface area (Å²) in [5, 5.41) is 7.08. The number of nitrogen functional groups attached to an aromatic ring is 1. The van der Waals surface area contributed by atoms with Crippen LogP contribution in [0.15, 0.2) is 42.6 Å². The number of morpholine rings is 1. The average Bonchev–Trinajstić information content (AvgIpc) is 2.97. The van der Waals surface area contributed by atoms with Gasteiger partial charge in [-0.1, -0.05) is 71.4 Å². The van der Waals surface area contributed by atoms with Gasteiger partial charge in [-0.15, -0.1) is 0 Å². The normalized spacial score (nSPS) is 12.9. The largest absolute Gasteiger partial charge is 0.476 e. The zero-order chi connectivity index (χ0) is 29.5. The van der Waals surface area contributed by atoms with Crippen LogP contribution in [0.2, 0.25) is 0 Å². The summed E-state index contributed by atoms with van der Waals surface area (Å²) in [6, 6.07) is 11.7. The molecule has 0 bridgehead atoms. The maximum Gasteiger partial charge on any atom is 0.217 e. The van der Waals surface area contributed by atoms with Crippen molar-refractivity contribution in [1.82, 2.24) is 9.88 Å². The van der Waals surface area contributed by atoms with Crippen LogP contribution in [0.5, 0.6) is 5.88 Å². The van der Waals surface area contributed by atoms with Crippen molar-refractivity contribution in [2.75, 3.05) is 63.2 Å². The van der Waals surface area contributed by atoms with Crippen LogP contribution in [-0.4, -0.2) is 68.6 Å². The number of nitrogens with zero attached hydrogens (tertiary/aromatic N) is 3. The number of hydrogen-bond donors (Lipinski definition) is 3. The van der Waals surface area contributed by atoms with Crippen molar-refractivity contribution in [2.45, 2.75) is 61.3 Å². The molecule has 8 nitrogen and oxygen atoms in total. The summed E-state index contributed by atoms with van der Waals surface area (Å²) in [5.74, 6) is 1.53. The highest BCUT2D eigenvalue weighted by atomic mass is 16.5. The smallest absolute Gasteiger partial charge is 0.217 e. The second-order valence-electron chi connectivity index (χ2n) is 8.52. The molecule has 39 heavy (non-hydrogen) atoms. The molecule has 0 radical (unpaired) electrons. The van der Waals surface area contributed by atoms with Crippen molar-refractivity contribution in [3.63, 3.8) is 0 Å². The molecule has 0 atom stereocenters. The summed E-state index contributed by atoms with van der Waals surface area (Å²) in [5.41, 5.74) is 15.0. The molecule has 1 aliphatic heterocycles. The lowest BCUT2D eigenvalue weighted by molar-refractivity contribution is 0.0320. The summed E-state index contributed by atoms with van der Waals surface area (Å²) >= 11 is 0. The summed E-state index contributed by atoms with van der Waals surface area (Å²) < 4.78 is 11.2. The molecule has 1 aromatic carbocycles. The van der Waals surface area contributed by atoms with E-state index >= 15 is 0 Å². The average molecular weight is 543 g/mol. The minimum absolute atomic E-state index is 0.616. The van der Waals surface area contributed by atoms with Crippen LogP contribution in [0, 0.1) is 12.3 Å². The number of ether oxygens (including phenoxy) is 2. The van der Waals surface area contributed by atoms with Gasteiger partial charge in [0.15, 0.2) is 0 Å². The lowest BCUT2D eigenvalue weighted by Gasteiger charge is -2.26. The highest BCUT2D eigenvalue weighted by molar-refractivity contribution is 6.08. The Morgan fingerprint density at radius 3 is 2.15 bits per heavy atom. The molecule has 1 aliphatic rings. The second kappa shape index (κ2) is 22.8. The number of aromatic nitrogens is 1. The molecule has 0 saturated carbocycles. The Kier molecular flexibility index (Phi) is 21.0. The quantitative estimate of drug-likeness (QED) is 0.299. The Morgan fingerprint density at radius 2 is 1.64 bits per heavy atom. The Hall–Kier alpha value is -3.10. The van der Waals surface area contributed by atoms with E-state index in [0.717, 1.165) is 75.7 Å². The van der Waals surface area contributed by atoms with Gasteiger partial charge < -0.3 is 31.3 Å². The zero-order valence-corrected chi connectivity index (χ0v) is 25.5. The number of allylic oxidation sites excluding steroid dienone is 1. The highest BCUT2D eigenvalue weighted by Gasteiger charge is 2.12. The standard InChI is InChI=1S/C17H30N4O2.C10H12N2.2C2H6/c1-3-5-21(6-4-2)16-13-15(18)14-17(19-16)23-12-9-20-7-10-22-11-8-20;1-8-2-4-9(5-3-8)10(6-11)7-12;2*1-2/h13-14H,3-12H2,1-2H3,(H2,18,19);2-7,11H,12H2,1H3;2*1-2H3/b;10-7-,11-6?;;. The molecule has 0 amide bonds. The summed E-state index contributed by atoms with van der Waals surface area (Å²) in [6.45, 7) is 21.4. The predicted molar refractivity (Wildman–Crippen MR) is 169 cm³/mol. The first kappa shape index (κ1) is 35.9. The van der Waals surface area contributed by atoms with Gasteiger partial charge in [0.05, 0.1) is 13.2 Å². The lowest BCUT2D eigenvalue weighted by Crippen LogP contribution is -2.38. The number of hydrogen-bond acceptors (Lipinski definition) is 8. The number of benzene rings is 1. The molecule has 0 unspecified atom stereocenters. The van der Waals surface area contributed by atoms with Crippen molar-refractivity contribution < 1.29 is 9.47 Å². The number of rotatable bonds is 11. The molecule has 1 aromatic heterocycles. The number of nitrogens with two attached hydrogens (primary N) is 2. The molecule has 3 rings (SSSR count). The molecule has 2 heterocycles. The van der Waals surface area contributed by atoms with E-state index in [1.165, 1.54) is 18.0 Å². The van der Waals surface area contributed by atoms with Crippen LogP contribution in [0.4, 0.5) is 11.5 Å². The third kappa shape index (κ3) is 14.6. The zero-order valence-electron chi connectivity index (χ0n) is 25.5. The first-order valence-corrected chi connectivity index (χ1v) is 14.5. The number of nitrogens with one attached hydrogen (secondary N) is 1. The summed E-state index contributed by atoms with van der Waals surface area (Å²) in [4.78, 5) is 9.25. The molecule has 0 aliphatic carbocycles. The first-order valence-electron chi connectivity index (χ1n) is 14.5. The van der Waals surface area contributed by atoms with Crippen molar-refractivity contribution in [3.05, 3.63) is 53.7 Å². The highest BCUT2D eigenvalue weighted by Crippen LogP contribution is 2.21. The van der Waals surface area contributed by atoms with E-state index in [1.807, 2.05) is 65.0 Å². The van der Waals surface area contributed by atoms with E-state index in [0.29, 0.717) is 18.2 Å². The van der Waals surface area contributed by atoms with E-state index < -0.39 is 0 Å². The van der Waals surface area contributed by atoms with Gasteiger partial charge in [0.2, 0.25) is 5.88 Å². The van der Waals surface area contributed by atoms with Crippen LogP contribution in [0.1, 0.15) is 65.5 Å². The Labute approximate surface area is 237 Å². The van der Waals surface area contributed by atoms with E-state index in [9.17, 15) is 0 Å². The van der Waals surface area contributed by atoms with Crippen molar-refractivity contribution >= 4 is 23.3 Å². The molecule has 5 N–H and O–H groups in total. The molecule has 1 fully saturated rings. The topological polar surface area (TPSA) is 114 Å². The molecule has 1 saturated heterocycles. The van der Waals surface area contributed by atoms with E-state index in [-0.39, 0.29) is 0 Å². The first-order chi connectivity index (χ1) is 19.0. The van der Waals surface area contributed by atoms with Crippen molar-refractivity contribution in [3.8, 4) is 5.88 Å². The number of anilines is 2. The summed E-state index contributed by atoms with van der Waals surface area (Å²) in [6.07, 6.45) is 4.87. The third-order valence-electron chi connectivity index (χ3n) is 5.60. The number of pyridine rings is 1. The monoisotopic (exact) mass is 542 g/mol. The minimum atomic E-state index is 0.616. The van der Waals surface area contributed by atoms with Gasteiger partial charge in [0, 0.05) is 68.5 Å². The Bertz CT molecular complexity index is 906. The molecule has 8 heteroatoms. The van der Waals surface area contributed by atoms with Crippen molar-refractivity contribution in [1.29, 1.82) is 5.41 Å². The Morgan fingerprint density at radius 1 is 1.05 bits per heavy atom. The lowest BCUT2D eigenvalue weighted by atomic mass is 10.1. The number of aryl methyl sites for hydroxylation is 1. The fourth-order valence-corrected chi connectivity index (χ4v) is 3.71. The van der Waals surface area contributed by atoms with Gasteiger partial charge in [-0.2, -0.15) is 4.98 Å². The van der Waals surface area contributed by atoms with Crippen LogP contribution in [0.25, 0.3) is 5.57 Å². The van der Waals surface area contributed by atoms with E-state index in [4.69, 9.17) is 26.4 Å². The molecular formula is C31H54N6O2. The molecule has 0 spiro atoms. The van der Waals surface area contributed by atoms with Gasteiger partial charge in [-0.3, -0.25) is 4.90 Å². The fourth-order valence-electron chi connectivity index (χ4n) is 3.71. The van der Waals surface area contributed by atoms with Gasteiger partial charge >= 0.3 is 0 Å². The SMILES string of the molecule is CC.CC.CCCN(CCC)c1cc(N)cc(OCCN2CCOCC2)n1.Cc1ccc(/C(C=N)=C\N)cc1.